The minimum absolute atomic E-state index is 0.0702. The van der Waals surface area contributed by atoms with Crippen LogP contribution in [0.15, 0.2) is 127 Å². The van der Waals surface area contributed by atoms with E-state index in [4.69, 9.17) is 4.74 Å². The molecule has 1 aliphatic rings. The number of amides is 1. The van der Waals surface area contributed by atoms with E-state index in [0.717, 1.165) is 48.1 Å². The molecule has 1 N–H and O–H groups in total. The summed E-state index contributed by atoms with van der Waals surface area (Å²) in [5.74, 6) is 1.37. The van der Waals surface area contributed by atoms with Crippen molar-refractivity contribution in [2.45, 2.75) is 50.1 Å². The lowest BCUT2D eigenvalue weighted by Gasteiger charge is -2.23. The molecule has 3 aromatic carbocycles. The first-order chi connectivity index (χ1) is 22.4. The normalized spacial score (nSPS) is 13.8. The van der Waals surface area contributed by atoms with E-state index in [9.17, 15) is 13.2 Å². The Balaban J connectivity index is 1.16. The van der Waals surface area contributed by atoms with Gasteiger partial charge < -0.3 is 10.1 Å². The summed E-state index contributed by atoms with van der Waals surface area (Å²) in [4.78, 5) is 21.5. The highest BCUT2D eigenvalue weighted by molar-refractivity contribution is 7.89. The van der Waals surface area contributed by atoms with Gasteiger partial charge in [-0.25, -0.2) is 8.42 Å². The zero-order valence-electron chi connectivity index (χ0n) is 25.5. The molecule has 0 bridgehead atoms. The minimum Gasteiger partial charge on any atom is -0.457 e. The molecule has 234 valence electrons. The fourth-order valence-electron chi connectivity index (χ4n) is 5.61. The third-order valence-electron chi connectivity index (χ3n) is 8.14. The number of hydrogen-bond donors (Lipinski definition) is 1. The van der Waals surface area contributed by atoms with Crippen LogP contribution in [0.2, 0.25) is 0 Å². The van der Waals surface area contributed by atoms with Gasteiger partial charge in [-0.3, -0.25) is 14.8 Å². The van der Waals surface area contributed by atoms with Crippen LogP contribution in [0.5, 0.6) is 11.5 Å². The number of hydrogen-bond acceptors (Lipinski definition) is 6. The smallest absolute Gasteiger partial charge is 0.243 e. The number of rotatable bonds is 11. The molecule has 1 saturated carbocycles. The summed E-state index contributed by atoms with van der Waals surface area (Å²) in [7, 11) is -3.87. The molecular formula is C37H36N4O4S. The summed E-state index contributed by atoms with van der Waals surface area (Å²) < 4.78 is 35.2. The number of benzene rings is 3. The number of nitrogens with zero attached hydrogens (tertiary/aromatic N) is 3. The molecule has 0 saturated heterocycles. The van der Waals surface area contributed by atoms with Gasteiger partial charge in [0.1, 0.15) is 11.5 Å². The quantitative estimate of drug-likeness (QED) is 0.159. The molecule has 2 heterocycles. The fourth-order valence-corrected chi connectivity index (χ4v) is 7.02. The first-order valence-electron chi connectivity index (χ1n) is 15.5. The highest BCUT2D eigenvalue weighted by atomic mass is 32.2. The zero-order valence-corrected chi connectivity index (χ0v) is 26.3. The Hall–Kier alpha value is -4.86. The third kappa shape index (κ3) is 7.85. The predicted molar refractivity (Wildman–Crippen MR) is 179 cm³/mol. The highest BCUT2D eigenvalue weighted by Gasteiger charge is 2.26. The fraction of sp³-hybridized carbons (Fsp3) is 0.216. The number of carbonyl (C=O) groups is 1. The van der Waals surface area contributed by atoms with E-state index in [2.05, 4.69) is 15.3 Å². The number of aromatic nitrogens is 2. The van der Waals surface area contributed by atoms with Crippen LogP contribution in [0.1, 0.15) is 43.2 Å². The molecule has 0 spiro atoms. The number of ether oxygens (including phenoxy) is 1. The monoisotopic (exact) mass is 632 g/mol. The molecule has 6 rings (SSSR count). The summed E-state index contributed by atoms with van der Waals surface area (Å²) in [6.45, 7) is 0.328. The Bertz CT molecular complexity index is 1830. The minimum atomic E-state index is -3.87. The van der Waals surface area contributed by atoms with Crippen LogP contribution in [0, 0.1) is 5.92 Å². The van der Waals surface area contributed by atoms with Gasteiger partial charge in [0.05, 0.1) is 22.5 Å². The van der Waals surface area contributed by atoms with E-state index in [1.807, 2.05) is 72.8 Å². The molecule has 5 aromatic rings. The second kappa shape index (κ2) is 14.5. The maximum atomic E-state index is 13.9. The molecule has 8 nitrogen and oxygen atoms in total. The molecule has 0 atom stereocenters. The predicted octanol–water partition coefficient (Wildman–Crippen LogP) is 7.85. The van der Waals surface area contributed by atoms with E-state index in [-0.39, 0.29) is 29.8 Å². The van der Waals surface area contributed by atoms with Crippen molar-refractivity contribution in [1.29, 1.82) is 0 Å². The van der Waals surface area contributed by atoms with E-state index >= 15 is 0 Å². The number of para-hydroxylation sites is 1. The lowest BCUT2D eigenvalue weighted by atomic mass is 9.88. The van der Waals surface area contributed by atoms with Gasteiger partial charge in [0.15, 0.2) is 0 Å². The van der Waals surface area contributed by atoms with E-state index in [1.54, 1.807) is 48.9 Å². The van der Waals surface area contributed by atoms with Gasteiger partial charge in [0.2, 0.25) is 15.9 Å². The van der Waals surface area contributed by atoms with Gasteiger partial charge in [0.25, 0.3) is 0 Å². The number of sulfonamides is 1. The molecule has 1 fully saturated rings. The van der Waals surface area contributed by atoms with E-state index < -0.39 is 10.0 Å². The summed E-state index contributed by atoms with van der Waals surface area (Å²) in [5, 5.41) is 3.01. The van der Waals surface area contributed by atoms with Crippen LogP contribution in [0.4, 0.5) is 5.69 Å². The second-order valence-electron chi connectivity index (χ2n) is 11.5. The van der Waals surface area contributed by atoms with Crippen molar-refractivity contribution in [1.82, 2.24) is 14.3 Å². The van der Waals surface area contributed by atoms with Gasteiger partial charge in [-0.2, -0.15) is 4.31 Å². The van der Waals surface area contributed by atoms with Gasteiger partial charge in [-0.1, -0.05) is 67.8 Å². The average Bonchev–Trinajstić information content (AvgIpc) is 3.10. The lowest BCUT2D eigenvalue weighted by molar-refractivity contribution is -0.120. The van der Waals surface area contributed by atoms with Crippen molar-refractivity contribution < 1.29 is 17.9 Å². The number of carbonyl (C=O) groups excluding carboxylic acids is 1. The Morgan fingerprint density at radius 1 is 0.761 bits per heavy atom. The van der Waals surface area contributed by atoms with Crippen LogP contribution in [-0.4, -0.2) is 28.6 Å². The number of anilines is 1. The maximum absolute atomic E-state index is 13.9. The first-order valence-corrected chi connectivity index (χ1v) is 17.0. The molecule has 0 unspecified atom stereocenters. The third-order valence-corrected chi connectivity index (χ3v) is 9.94. The maximum Gasteiger partial charge on any atom is 0.243 e. The number of nitrogens with one attached hydrogen (secondary N) is 1. The molecule has 1 amide bonds. The Kier molecular flexibility index (Phi) is 9.81. The molecule has 0 radical (unpaired) electrons. The van der Waals surface area contributed by atoms with Crippen LogP contribution in [-0.2, 0) is 27.9 Å². The average molecular weight is 633 g/mol. The van der Waals surface area contributed by atoms with Crippen molar-refractivity contribution >= 4 is 21.6 Å². The van der Waals surface area contributed by atoms with Crippen molar-refractivity contribution in [2.75, 3.05) is 5.32 Å². The highest BCUT2D eigenvalue weighted by Crippen LogP contribution is 2.28. The molecular weight excluding hydrogens is 596 g/mol. The van der Waals surface area contributed by atoms with Gasteiger partial charge in [-0.15, -0.1) is 0 Å². The summed E-state index contributed by atoms with van der Waals surface area (Å²) in [5.41, 5.74) is 3.96. The first kappa shape index (κ1) is 31.1. The molecule has 0 aliphatic heterocycles. The Labute approximate surface area is 270 Å². The van der Waals surface area contributed by atoms with Crippen molar-refractivity contribution in [3.63, 3.8) is 0 Å². The van der Waals surface area contributed by atoms with Crippen molar-refractivity contribution in [2.24, 2.45) is 5.92 Å². The van der Waals surface area contributed by atoms with Crippen LogP contribution >= 0.6 is 0 Å². The Morgan fingerprint density at radius 3 is 2.15 bits per heavy atom. The Morgan fingerprint density at radius 2 is 1.48 bits per heavy atom. The topological polar surface area (TPSA) is 101 Å². The summed E-state index contributed by atoms with van der Waals surface area (Å²) >= 11 is 0. The van der Waals surface area contributed by atoms with Crippen LogP contribution < -0.4 is 10.1 Å². The second-order valence-corrected chi connectivity index (χ2v) is 13.4. The van der Waals surface area contributed by atoms with Gasteiger partial charge >= 0.3 is 0 Å². The van der Waals surface area contributed by atoms with Gasteiger partial charge in [0, 0.05) is 37.0 Å². The van der Waals surface area contributed by atoms with E-state index in [1.165, 1.54) is 10.7 Å². The molecule has 46 heavy (non-hydrogen) atoms. The van der Waals surface area contributed by atoms with E-state index in [0.29, 0.717) is 17.2 Å². The lowest BCUT2D eigenvalue weighted by Crippen LogP contribution is -2.30. The zero-order chi connectivity index (χ0) is 31.8. The molecule has 1 aliphatic carbocycles. The molecule has 9 heteroatoms. The van der Waals surface area contributed by atoms with Gasteiger partial charge in [-0.05, 0) is 78.6 Å². The summed E-state index contributed by atoms with van der Waals surface area (Å²) in [6.07, 6.45) is 10.3. The standard InChI is InChI=1S/C37H36N4O4S/c42-37(31-9-3-1-4-10-31)40-32-17-22-36(39-25-32)30-15-13-28(14-16-30)26-41(27-29-8-7-23-38-24-29)46(43,44)35-20-18-34(19-21-35)45-33-11-5-2-6-12-33/h2,5-8,11-25,31H,1,3-4,9-10,26-27H2,(H,40,42). The summed E-state index contributed by atoms with van der Waals surface area (Å²) in [6, 6.07) is 30.9. The SMILES string of the molecule is O=C(Nc1ccc(-c2ccc(CN(Cc3cccnc3)S(=O)(=O)c3ccc(Oc4ccccc4)cc3)cc2)nc1)C1CCCCC1. The largest absolute Gasteiger partial charge is 0.457 e. The van der Waals surface area contributed by atoms with Crippen molar-refractivity contribution in [3.05, 3.63) is 133 Å². The van der Waals surface area contributed by atoms with Crippen LogP contribution in [0.3, 0.4) is 0 Å². The number of pyridine rings is 2. The van der Waals surface area contributed by atoms with Crippen molar-refractivity contribution in [3.8, 4) is 22.8 Å². The van der Waals surface area contributed by atoms with Crippen LogP contribution in [0.25, 0.3) is 11.3 Å². The molecule has 2 aromatic heterocycles.